The van der Waals surface area contributed by atoms with Crippen molar-refractivity contribution in [3.05, 3.63) is 93.9 Å². The maximum atomic E-state index is 12.9. The molecule has 0 aliphatic carbocycles. The van der Waals surface area contributed by atoms with E-state index in [0.717, 1.165) is 34.2 Å². The molecule has 0 bridgehead atoms. The van der Waals surface area contributed by atoms with Gasteiger partial charge in [-0.2, -0.15) is 0 Å². The van der Waals surface area contributed by atoms with Crippen LogP contribution in [0.2, 0.25) is 0 Å². The van der Waals surface area contributed by atoms with Crippen LogP contribution in [0, 0.1) is 20.8 Å². The van der Waals surface area contributed by atoms with Gasteiger partial charge in [-0.1, -0.05) is 36.4 Å². The average molecular weight is 517 g/mol. The number of imide groups is 1. The van der Waals surface area contributed by atoms with Crippen molar-refractivity contribution in [1.29, 1.82) is 0 Å². The zero-order valence-corrected chi connectivity index (χ0v) is 21.8. The smallest absolute Gasteiger partial charge is 0.293 e. The monoisotopic (exact) mass is 516 g/mol. The first-order valence-electron chi connectivity index (χ1n) is 11.8. The zero-order valence-electron chi connectivity index (χ0n) is 20.9. The van der Waals surface area contributed by atoms with E-state index in [1.807, 2.05) is 63.2 Å². The molecule has 0 saturated carbocycles. The summed E-state index contributed by atoms with van der Waals surface area (Å²) in [5.41, 5.74) is 4.51. The molecule has 8 heteroatoms. The van der Waals surface area contributed by atoms with Gasteiger partial charge in [0.2, 0.25) is 0 Å². The Morgan fingerprint density at radius 1 is 0.946 bits per heavy atom. The van der Waals surface area contributed by atoms with Crippen LogP contribution >= 0.6 is 11.8 Å². The van der Waals surface area contributed by atoms with Crippen molar-refractivity contribution in [3.8, 4) is 11.5 Å². The van der Waals surface area contributed by atoms with Gasteiger partial charge in [0.15, 0.2) is 6.61 Å². The molecule has 1 fully saturated rings. The quantitative estimate of drug-likeness (QED) is 0.365. The van der Waals surface area contributed by atoms with Gasteiger partial charge in [0.25, 0.3) is 17.1 Å². The van der Waals surface area contributed by atoms with E-state index < -0.39 is 0 Å². The van der Waals surface area contributed by atoms with Crippen molar-refractivity contribution in [3.63, 3.8) is 0 Å². The molecule has 0 atom stereocenters. The van der Waals surface area contributed by atoms with E-state index in [4.69, 9.17) is 9.47 Å². The molecular formula is C29H28N2O5S. The summed E-state index contributed by atoms with van der Waals surface area (Å²) in [4.78, 5) is 39.1. The van der Waals surface area contributed by atoms with Gasteiger partial charge in [0.05, 0.1) is 11.4 Å². The number of ether oxygens (including phenoxy) is 2. The third-order valence-electron chi connectivity index (χ3n) is 5.62. The summed E-state index contributed by atoms with van der Waals surface area (Å²) >= 11 is 0.893. The van der Waals surface area contributed by atoms with Gasteiger partial charge in [0.1, 0.15) is 18.1 Å². The first-order valence-corrected chi connectivity index (χ1v) is 12.6. The lowest BCUT2D eigenvalue weighted by molar-refractivity contribution is -0.123. The highest BCUT2D eigenvalue weighted by Crippen LogP contribution is 2.32. The second-order valence-corrected chi connectivity index (χ2v) is 9.72. The average Bonchev–Trinajstić information content (AvgIpc) is 3.12. The van der Waals surface area contributed by atoms with Crippen LogP contribution in [-0.2, 0) is 9.59 Å². The van der Waals surface area contributed by atoms with Crippen LogP contribution < -0.4 is 14.8 Å². The molecule has 37 heavy (non-hydrogen) atoms. The van der Waals surface area contributed by atoms with E-state index >= 15 is 0 Å². The Bertz CT molecular complexity index is 1370. The number of anilines is 1. The van der Waals surface area contributed by atoms with Gasteiger partial charge in [-0.25, -0.2) is 0 Å². The highest BCUT2D eigenvalue weighted by atomic mass is 32.2. The van der Waals surface area contributed by atoms with Crippen LogP contribution in [0.4, 0.5) is 10.5 Å². The Morgan fingerprint density at radius 3 is 2.54 bits per heavy atom. The summed E-state index contributed by atoms with van der Waals surface area (Å²) in [6, 6.07) is 20.4. The van der Waals surface area contributed by atoms with Crippen LogP contribution in [0.25, 0.3) is 6.08 Å². The third kappa shape index (κ3) is 7.01. The SMILES string of the molecule is Cc1cccc(NC(=O)COc2cccc(/C=C3\SC(=O)N(CCOc4cc(C)ccc4C)C3=O)c2)c1. The fourth-order valence-corrected chi connectivity index (χ4v) is 4.58. The summed E-state index contributed by atoms with van der Waals surface area (Å²) in [6.07, 6.45) is 1.65. The van der Waals surface area contributed by atoms with Crippen molar-refractivity contribution >= 4 is 40.6 Å². The van der Waals surface area contributed by atoms with Crippen LogP contribution in [0.15, 0.2) is 71.6 Å². The molecule has 0 aromatic heterocycles. The molecule has 0 radical (unpaired) electrons. The van der Waals surface area contributed by atoms with Gasteiger partial charge in [-0.15, -0.1) is 0 Å². The minimum Gasteiger partial charge on any atom is -0.491 e. The highest BCUT2D eigenvalue weighted by Gasteiger charge is 2.34. The summed E-state index contributed by atoms with van der Waals surface area (Å²) in [7, 11) is 0. The number of rotatable bonds is 9. The molecule has 3 amide bonds. The number of aryl methyl sites for hydroxylation is 3. The number of benzene rings is 3. The van der Waals surface area contributed by atoms with Gasteiger partial charge < -0.3 is 14.8 Å². The molecule has 4 rings (SSSR count). The summed E-state index contributed by atoms with van der Waals surface area (Å²) in [6.45, 7) is 6.10. The minimum absolute atomic E-state index is 0.158. The van der Waals surface area contributed by atoms with Crippen molar-refractivity contribution in [2.24, 2.45) is 0 Å². The molecule has 7 nitrogen and oxygen atoms in total. The highest BCUT2D eigenvalue weighted by molar-refractivity contribution is 8.18. The van der Waals surface area contributed by atoms with Gasteiger partial charge >= 0.3 is 0 Å². The number of amides is 3. The third-order valence-corrected chi connectivity index (χ3v) is 6.52. The lowest BCUT2D eigenvalue weighted by Crippen LogP contribution is -2.32. The van der Waals surface area contributed by atoms with Crippen molar-refractivity contribution in [2.45, 2.75) is 20.8 Å². The van der Waals surface area contributed by atoms with Crippen LogP contribution in [-0.4, -0.2) is 41.7 Å². The Kier molecular flexibility index (Phi) is 8.30. The molecule has 3 aromatic carbocycles. The molecule has 1 aliphatic heterocycles. The molecule has 1 heterocycles. The van der Waals surface area contributed by atoms with Crippen LogP contribution in [0.1, 0.15) is 22.3 Å². The number of thioether (sulfide) groups is 1. The van der Waals surface area contributed by atoms with Gasteiger partial charge in [0, 0.05) is 5.69 Å². The molecule has 1 saturated heterocycles. The van der Waals surface area contributed by atoms with E-state index in [0.29, 0.717) is 21.9 Å². The lowest BCUT2D eigenvalue weighted by atomic mass is 10.1. The predicted octanol–water partition coefficient (Wildman–Crippen LogP) is 5.74. The Labute approximate surface area is 220 Å². The normalized spacial score (nSPS) is 14.2. The number of nitrogens with one attached hydrogen (secondary N) is 1. The molecular weight excluding hydrogens is 488 g/mol. The van der Waals surface area contributed by atoms with Crippen molar-refractivity contribution < 1.29 is 23.9 Å². The summed E-state index contributed by atoms with van der Waals surface area (Å²) < 4.78 is 11.4. The Balaban J connectivity index is 1.33. The minimum atomic E-state index is -0.358. The Hall–Kier alpha value is -4.04. The summed E-state index contributed by atoms with van der Waals surface area (Å²) in [5, 5.41) is 2.47. The standard InChI is InChI=1S/C29H28N2O5S/c1-19-6-4-8-23(14-19)30-27(32)18-36-24-9-5-7-22(16-24)17-26-28(33)31(29(34)37-26)12-13-35-25-15-20(2)10-11-21(25)3/h4-11,14-17H,12-13,18H2,1-3H3,(H,30,32)/b26-17-. The fraction of sp³-hybridized carbons (Fsp3) is 0.207. The molecule has 0 unspecified atom stereocenters. The second-order valence-electron chi connectivity index (χ2n) is 8.73. The number of carbonyl (C=O) groups is 3. The molecule has 3 aromatic rings. The lowest BCUT2D eigenvalue weighted by Gasteiger charge is -2.14. The molecule has 1 N–H and O–H groups in total. The number of carbonyl (C=O) groups excluding carboxylic acids is 3. The molecule has 0 spiro atoms. The molecule has 190 valence electrons. The van der Waals surface area contributed by atoms with Crippen molar-refractivity contribution in [1.82, 2.24) is 4.90 Å². The van der Waals surface area contributed by atoms with Gasteiger partial charge in [-0.3, -0.25) is 19.3 Å². The maximum Gasteiger partial charge on any atom is 0.293 e. The topological polar surface area (TPSA) is 84.9 Å². The number of hydrogen-bond donors (Lipinski definition) is 1. The van der Waals surface area contributed by atoms with Gasteiger partial charge in [-0.05, 0) is 91.2 Å². The maximum absolute atomic E-state index is 12.9. The first-order chi connectivity index (χ1) is 17.8. The zero-order chi connectivity index (χ0) is 26.4. The van der Waals surface area contributed by atoms with E-state index in [1.165, 1.54) is 4.90 Å². The van der Waals surface area contributed by atoms with Crippen LogP contribution in [0.3, 0.4) is 0 Å². The predicted molar refractivity (Wildman–Crippen MR) is 146 cm³/mol. The number of hydrogen-bond acceptors (Lipinski definition) is 6. The van der Waals surface area contributed by atoms with Crippen molar-refractivity contribution in [2.75, 3.05) is 25.1 Å². The summed E-state index contributed by atoms with van der Waals surface area (Å²) in [5.74, 6) is 0.588. The van der Waals surface area contributed by atoms with E-state index in [-0.39, 0.29) is 36.8 Å². The second kappa shape index (κ2) is 11.8. The molecule has 1 aliphatic rings. The first kappa shape index (κ1) is 26.0. The largest absolute Gasteiger partial charge is 0.491 e. The van der Waals surface area contributed by atoms with Crippen LogP contribution in [0.5, 0.6) is 11.5 Å². The Morgan fingerprint density at radius 2 is 1.73 bits per heavy atom. The van der Waals surface area contributed by atoms with E-state index in [9.17, 15) is 14.4 Å². The number of nitrogens with zero attached hydrogens (tertiary/aromatic N) is 1. The van der Waals surface area contributed by atoms with E-state index in [2.05, 4.69) is 5.32 Å². The fourth-order valence-electron chi connectivity index (χ4n) is 3.72. The van der Waals surface area contributed by atoms with E-state index in [1.54, 1.807) is 30.3 Å².